The summed E-state index contributed by atoms with van der Waals surface area (Å²) in [6.45, 7) is 0. The van der Waals surface area contributed by atoms with Gasteiger partial charge in [0.15, 0.2) is 0 Å². The molecule has 0 saturated heterocycles. The second kappa shape index (κ2) is 3.70. The van der Waals surface area contributed by atoms with Crippen LogP contribution >= 0.6 is 0 Å². The van der Waals surface area contributed by atoms with E-state index < -0.39 is 11.4 Å². The Balaban J connectivity index is 2.30. The Hall–Kier alpha value is -1.29. The van der Waals surface area contributed by atoms with Crippen molar-refractivity contribution in [3.8, 4) is 0 Å². The molecule has 1 saturated carbocycles. The number of Topliss-reactive ketones (excluding diaryl/α,β-unsaturated/α-hetero) is 1. The minimum absolute atomic E-state index is 0.0671. The Morgan fingerprint density at radius 1 is 1.40 bits per heavy atom. The van der Waals surface area contributed by atoms with E-state index in [-0.39, 0.29) is 24.3 Å². The van der Waals surface area contributed by atoms with Gasteiger partial charge in [-0.05, 0) is 25.0 Å². The van der Waals surface area contributed by atoms with E-state index in [0.717, 1.165) is 0 Å². The summed E-state index contributed by atoms with van der Waals surface area (Å²) in [6, 6.07) is 2.76. The highest BCUT2D eigenvalue weighted by Crippen LogP contribution is 2.35. The molecular weight excluding hydrogens is 197 g/mol. The summed E-state index contributed by atoms with van der Waals surface area (Å²) in [7, 11) is 0. The third-order valence-electron chi connectivity index (χ3n) is 2.83. The molecule has 0 unspecified atom stereocenters. The van der Waals surface area contributed by atoms with Crippen LogP contribution < -0.4 is 0 Å². The molecule has 3 nitrogen and oxygen atoms in total. The molecule has 0 spiro atoms. The molecule has 1 aliphatic carbocycles. The van der Waals surface area contributed by atoms with Gasteiger partial charge in [-0.25, -0.2) is 4.39 Å². The van der Waals surface area contributed by atoms with E-state index in [1.54, 1.807) is 0 Å². The monoisotopic (exact) mass is 209 g/mol. The number of nitrogens with zero attached hydrogens (tertiary/aromatic N) is 1. The zero-order valence-electron chi connectivity index (χ0n) is 8.24. The molecule has 0 radical (unpaired) electrons. The molecule has 0 bridgehead atoms. The Morgan fingerprint density at radius 2 is 2.07 bits per heavy atom. The summed E-state index contributed by atoms with van der Waals surface area (Å²) in [5.74, 6) is -0.384. The van der Waals surface area contributed by atoms with Crippen LogP contribution in [0.1, 0.15) is 31.4 Å². The number of hydrogen-bond donors (Lipinski definition) is 1. The number of pyridine rings is 1. The van der Waals surface area contributed by atoms with Gasteiger partial charge in [0, 0.05) is 19.0 Å². The lowest BCUT2D eigenvalue weighted by atomic mass is 9.81. The molecule has 0 aromatic carbocycles. The zero-order valence-corrected chi connectivity index (χ0v) is 8.24. The van der Waals surface area contributed by atoms with Gasteiger partial charge in [-0.2, -0.15) is 0 Å². The average Bonchev–Trinajstić information content (AvgIpc) is 2.23. The van der Waals surface area contributed by atoms with Crippen LogP contribution in [0.3, 0.4) is 0 Å². The second-order valence-corrected chi connectivity index (χ2v) is 3.90. The third-order valence-corrected chi connectivity index (χ3v) is 2.83. The normalized spacial score (nSPS) is 20.3. The molecule has 80 valence electrons. The molecule has 0 aliphatic heterocycles. The van der Waals surface area contributed by atoms with Crippen LogP contribution in [0.25, 0.3) is 0 Å². The van der Waals surface area contributed by atoms with Crippen LogP contribution in [0.4, 0.5) is 4.39 Å². The van der Waals surface area contributed by atoms with Gasteiger partial charge in [0.2, 0.25) is 0 Å². The van der Waals surface area contributed by atoms with Gasteiger partial charge >= 0.3 is 0 Å². The molecule has 1 heterocycles. The smallest absolute Gasteiger partial charge is 0.147 e. The van der Waals surface area contributed by atoms with Gasteiger partial charge in [-0.3, -0.25) is 9.78 Å². The Morgan fingerprint density at radius 3 is 2.67 bits per heavy atom. The van der Waals surface area contributed by atoms with Crippen LogP contribution in [0, 0.1) is 5.82 Å². The van der Waals surface area contributed by atoms with Crippen molar-refractivity contribution in [3.05, 3.63) is 29.8 Å². The summed E-state index contributed by atoms with van der Waals surface area (Å²) in [4.78, 5) is 14.9. The van der Waals surface area contributed by atoms with E-state index in [1.807, 2.05) is 0 Å². The van der Waals surface area contributed by atoms with Crippen molar-refractivity contribution in [1.29, 1.82) is 0 Å². The number of carbonyl (C=O) groups is 1. The van der Waals surface area contributed by atoms with Crippen molar-refractivity contribution >= 4 is 5.78 Å². The largest absolute Gasteiger partial charge is 0.383 e. The van der Waals surface area contributed by atoms with Crippen LogP contribution in [-0.4, -0.2) is 15.9 Å². The van der Waals surface area contributed by atoms with Crippen LogP contribution in [0.15, 0.2) is 18.3 Å². The van der Waals surface area contributed by atoms with Crippen molar-refractivity contribution in [1.82, 2.24) is 4.98 Å². The first-order valence-corrected chi connectivity index (χ1v) is 4.97. The van der Waals surface area contributed by atoms with Crippen LogP contribution in [0.2, 0.25) is 0 Å². The Kier molecular flexibility index (Phi) is 2.52. The number of halogens is 1. The second-order valence-electron chi connectivity index (χ2n) is 3.90. The first-order chi connectivity index (χ1) is 7.12. The molecule has 15 heavy (non-hydrogen) atoms. The summed E-state index contributed by atoms with van der Waals surface area (Å²) in [5, 5.41) is 10.2. The maximum atomic E-state index is 13.4. The van der Waals surface area contributed by atoms with Crippen molar-refractivity contribution in [2.24, 2.45) is 0 Å². The molecule has 4 heteroatoms. The van der Waals surface area contributed by atoms with E-state index in [2.05, 4.69) is 4.98 Å². The maximum Gasteiger partial charge on any atom is 0.147 e. The number of aliphatic hydroxyl groups is 1. The summed E-state index contributed by atoms with van der Waals surface area (Å²) in [6.07, 6.45) is 2.57. The number of hydrogen-bond acceptors (Lipinski definition) is 3. The van der Waals surface area contributed by atoms with Gasteiger partial charge in [0.25, 0.3) is 0 Å². The molecule has 1 aromatic rings. The predicted molar refractivity (Wildman–Crippen MR) is 51.6 cm³/mol. The third kappa shape index (κ3) is 1.90. The lowest BCUT2D eigenvalue weighted by molar-refractivity contribution is -0.126. The predicted octanol–water partition coefficient (Wildman–Crippen LogP) is 1.55. The molecular formula is C11H12FNO2. The molecule has 1 N–H and O–H groups in total. The number of aromatic nitrogens is 1. The first-order valence-electron chi connectivity index (χ1n) is 4.97. The van der Waals surface area contributed by atoms with Gasteiger partial charge < -0.3 is 5.11 Å². The molecule has 1 fully saturated rings. The quantitative estimate of drug-likeness (QED) is 0.763. The SMILES string of the molecule is O=C1CCC(O)(c2ncccc2F)CC1. The van der Waals surface area contributed by atoms with E-state index in [0.29, 0.717) is 12.8 Å². The minimum Gasteiger partial charge on any atom is -0.383 e. The average molecular weight is 209 g/mol. The molecule has 2 rings (SSSR count). The van der Waals surface area contributed by atoms with Crippen molar-refractivity contribution in [2.75, 3.05) is 0 Å². The van der Waals surface area contributed by atoms with E-state index >= 15 is 0 Å². The standard InChI is InChI=1S/C11H12FNO2/c12-9-2-1-7-13-10(9)11(15)5-3-8(14)4-6-11/h1-2,7,15H,3-6H2. The van der Waals surface area contributed by atoms with Gasteiger partial charge in [-0.1, -0.05) is 0 Å². The minimum atomic E-state index is -1.26. The first kappa shape index (κ1) is 10.2. The highest BCUT2D eigenvalue weighted by atomic mass is 19.1. The van der Waals surface area contributed by atoms with E-state index in [1.165, 1.54) is 18.3 Å². The molecule has 1 aliphatic rings. The summed E-state index contributed by atoms with van der Waals surface area (Å²) < 4.78 is 13.4. The fourth-order valence-corrected chi connectivity index (χ4v) is 1.91. The number of rotatable bonds is 1. The van der Waals surface area contributed by atoms with E-state index in [9.17, 15) is 14.3 Å². The fourth-order valence-electron chi connectivity index (χ4n) is 1.91. The maximum absolute atomic E-state index is 13.4. The van der Waals surface area contributed by atoms with Gasteiger partial charge in [0.05, 0.1) is 0 Å². The highest BCUT2D eigenvalue weighted by Gasteiger charge is 2.37. The molecule has 0 atom stereocenters. The van der Waals surface area contributed by atoms with Crippen molar-refractivity contribution in [2.45, 2.75) is 31.3 Å². The van der Waals surface area contributed by atoms with Crippen molar-refractivity contribution < 1.29 is 14.3 Å². The lowest BCUT2D eigenvalue weighted by Crippen LogP contribution is -2.33. The Bertz CT molecular complexity index is 382. The Labute approximate surface area is 87.0 Å². The highest BCUT2D eigenvalue weighted by molar-refractivity contribution is 5.79. The summed E-state index contributed by atoms with van der Waals surface area (Å²) in [5.41, 5.74) is -1.20. The van der Waals surface area contributed by atoms with Crippen LogP contribution in [0.5, 0.6) is 0 Å². The summed E-state index contributed by atoms with van der Waals surface area (Å²) >= 11 is 0. The van der Waals surface area contributed by atoms with E-state index in [4.69, 9.17) is 0 Å². The lowest BCUT2D eigenvalue weighted by Gasteiger charge is -2.30. The van der Waals surface area contributed by atoms with Crippen LogP contribution in [-0.2, 0) is 10.4 Å². The zero-order chi connectivity index (χ0) is 10.9. The number of carbonyl (C=O) groups excluding carboxylic acids is 1. The number of ketones is 1. The fraction of sp³-hybridized carbons (Fsp3) is 0.455. The van der Waals surface area contributed by atoms with Gasteiger partial charge in [-0.15, -0.1) is 0 Å². The molecule has 1 aromatic heterocycles. The van der Waals surface area contributed by atoms with Crippen molar-refractivity contribution in [3.63, 3.8) is 0 Å². The molecule has 0 amide bonds. The topological polar surface area (TPSA) is 50.2 Å². The van der Waals surface area contributed by atoms with Gasteiger partial charge in [0.1, 0.15) is 22.9 Å².